The minimum atomic E-state index is -3.90. The summed E-state index contributed by atoms with van der Waals surface area (Å²) in [5.41, 5.74) is -0.546. The van der Waals surface area contributed by atoms with E-state index in [1.807, 2.05) is 0 Å². The van der Waals surface area contributed by atoms with Crippen molar-refractivity contribution in [1.82, 2.24) is 5.32 Å². The highest BCUT2D eigenvalue weighted by Crippen LogP contribution is 2.41. The Morgan fingerprint density at radius 1 is 1.30 bits per heavy atom. The lowest BCUT2D eigenvalue weighted by atomic mass is 9.82. The summed E-state index contributed by atoms with van der Waals surface area (Å²) < 4.78 is 23.6. The van der Waals surface area contributed by atoms with Gasteiger partial charge in [-0.2, -0.15) is 0 Å². The lowest BCUT2D eigenvalue weighted by Gasteiger charge is -2.24. The molecule has 1 aliphatic heterocycles. The molecule has 7 heteroatoms. The zero-order valence-corrected chi connectivity index (χ0v) is 12.4. The zero-order valence-electron chi connectivity index (χ0n) is 10.8. The summed E-state index contributed by atoms with van der Waals surface area (Å²) in [5, 5.41) is 1.18. The molecule has 1 N–H and O–H groups in total. The molecule has 1 aromatic carbocycles. The maximum absolute atomic E-state index is 11.8. The highest BCUT2D eigenvalue weighted by Gasteiger charge is 2.46. The van der Waals surface area contributed by atoms with Crippen molar-refractivity contribution in [2.45, 2.75) is 25.0 Å². The molecule has 2 amide bonds. The Morgan fingerprint density at radius 3 is 2.35 bits per heavy atom. The number of halogens is 1. The number of hydrogen-bond acceptors (Lipinski definition) is 4. The summed E-state index contributed by atoms with van der Waals surface area (Å²) in [6, 6.07) is 8.44. The lowest BCUT2D eigenvalue weighted by Crippen LogP contribution is -2.31. The van der Waals surface area contributed by atoms with Gasteiger partial charge in [-0.05, 0) is 12.0 Å². The van der Waals surface area contributed by atoms with Gasteiger partial charge in [-0.25, -0.2) is 8.42 Å². The Hall–Kier alpha value is -1.40. The van der Waals surface area contributed by atoms with Crippen LogP contribution in [0.3, 0.4) is 0 Å². The minimum Gasteiger partial charge on any atom is -0.296 e. The standard InChI is InChI=1S/C13H14ClNO4S/c1-13(8-11(16)15-12(13)17)7-10(20(14,18)19)9-5-3-2-4-6-9/h2-6,10H,7-8H2,1H3,(H,15,16,17). The molecule has 2 atom stereocenters. The van der Waals surface area contributed by atoms with Crippen LogP contribution in [0.25, 0.3) is 0 Å². The predicted octanol–water partition coefficient (Wildman–Crippen LogP) is 1.74. The number of rotatable bonds is 4. The summed E-state index contributed by atoms with van der Waals surface area (Å²) >= 11 is 0. The second-order valence-electron chi connectivity index (χ2n) is 5.19. The number of carbonyl (C=O) groups excluding carboxylic acids is 2. The van der Waals surface area contributed by atoms with Gasteiger partial charge in [-0.3, -0.25) is 14.9 Å². The Morgan fingerprint density at radius 2 is 1.90 bits per heavy atom. The smallest absolute Gasteiger partial charge is 0.239 e. The van der Waals surface area contributed by atoms with Crippen LogP contribution < -0.4 is 5.32 Å². The number of carbonyl (C=O) groups is 2. The van der Waals surface area contributed by atoms with Gasteiger partial charge in [0.15, 0.2) is 0 Å². The van der Waals surface area contributed by atoms with Crippen molar-refractivity contribution in [3.63, 3.8) is 0 Å². The second-order valence-corrected chi connectivity index (χ2v) is 8.00. The number of benzene rings is 1. The molecule has 0 aromatic heterocycles. The first kappa shape index (κ1) is 15.0. The molecular weight excluding hydrogens is 302 g/mol. The molecule has 0 spiro atoms. The fourth-order valence-electron chi connectivity index (χ4n) is 2.38. The molecule has 1 aliphatic rings. The van der Waals surface area contributed by atoms with E-state index in [1.54, 1.807) is 37.3 Å². The average Bonchev–Trinajstić information content (AvgIpc) is 2.60. The minimum absolute atomic E-state index is 0.0262. The van der Waals surface area contributed by atoms with Crippen LogP contribution in [0.1, 0.15) is 30.6 Å². The van der Waals surface area contributed by atoms with Gasteiger partial charge >= 0.3 is 0 Å². The molecule has 2 rings (SSSR count). The molecule has 1 saturated heterocycles. The fourth-order valence-corrected chi connectivity index (χ4v) is 3.92. The first-order valence-electron chi connectivity index (χ1n) is 6.05. The maximum Gasteiger partial charge on any atom is 0.239 e. The van der Waals surface area contributed by atoms with Crippen LogP contribution in [0.4, 0.5) is 0 Å². The molecule has 2 unspecified atom stereocenters. The Bertz CT molecular complexity index is 644. The Balaban J connectivity index is 2.36. The largest absolute Gasteiger partial charge is 0.296 e. The molecule has 0 radical (unpaired) electrons. The van der Waals surface area contributed by atoms with E-state index >= 15 is 0 Å². The number of nitrogens with one attached hydrogen (secondary N) is 1. The third-order valence-corrected chi connectivity index (χ3v) is 5.26. The van der Waals surface area contributed by atoms with Crippen LogP contribution in [-0.4, -0.2) is 20.2 Å². The van der Waals surface area contributed by atoms with Crippen molar-refractivity contribution in [2.24, 2.45) is 5.41 Å². The van der Waals surface area contributed by atoms with Crippen molar-refractivity contribution in [2.75, 3.05) is 0 Å². The predicted molar refractivity (Wildman–Crippen MR) is 74.4 cm³/mol. The van der Waals surface area contributed by atoms with E-state index in [0.717, 1.165) is 0 Å². The van der Waals surface area contributed by atoms with E-state index in [4.69, 9.17) is 10.7 Å². The Kier molecular flexibility index (Phi) is 3.88. The summed E-state index contributed by atoms with van der Waals surface area (Å²) in [5.74, 6) is -0.847. The summed E-state index contributed by atoms with van der Waals surface area (Å²) in [6.45, 7) is 1.57. The van der Waals surface area contributed by atoms with Gasteiger partial charge in [0.1, 0.15) is 5.25 Å². The van der Waals surface area contributed by atoms with Crippen LogP contribution in [-0.2, 0) is 18.6 Å². The normalized spacial score (nSPS) is 24.5. The summed E-state index contributed by atoms with van der Waals surface area (Å²) in [7, 11) is 1.61. The molecule has 1 heterocycles. The number of imide groups is 1. The van der Waals surface area contributed by atoms with Gasteiger partial charge in [-0.15, -0.1) is 0 Å². The molecule has 0 aliphatic carbocycles. The van der Waals surface area contributed by atoms with Gasteiger partial charge in [0.2, 0.25) is 20.9 Å². The van der Waals surface area contributed by atoms with Crippen molar-refractivity contribution in [3.8, 4) is 0 Å². The van der Waals surface area contributed by atoms with Gasteiger partial charge in [0.05, 0.1) is 5.41 Å². The van der Waals surface area contributed by atoms with Crippen LogP contribution in [0.5, 0.6) is 0 Å². The summed E-state index contributed by atoms with van der Waals surface area (Å²) in [4.78, 5) is 23.2. The summed E-state index contributed by atoms with van der Waals surface area (Å²) in [6.07, 6.45) is -0.0536. The van der Waals surface area contributed by atoms with E-state index in [9.17, 15) is 18.0 Å². The number of amides is 2. The molecule has 1 aromatic rings. The SMILES string of the molecule is CC1(CC(c2ccccc2)S(=O)(=O)Cl)CC(=O)NC1=O. The van der Waals surface area contributed by atoms with Gasteiger partial charge in [-0.1, -0.05) is 37.3 Å². The van der Waals surface area contributed by atoms with Gasteiger partial charge in [0, 0.05) is 17.1 Å². The highest BCUT2D eigenvalue weighted by atomic mass is 35.7. The Labute approximate surface area is 121 Å². The number of hydrogen-bond donors (Lipinski definition) is 1. The van der Waals surface area contributed by atoms with E-state index in [2.05, 4.69) is 5.32 Å². The molecule has 108 valence electrons. The molecule has 0 bridgehead atoms. The van der Waals surface area contributed by atoms with Crippen LogP contribution in [0.15, 0.2) is 30.3 Å². The van der Waals surface area contributed by atoms with Crippen molar-refractivity contribution < 1.29 is 18.0 Å². The van der Waals surface area contributed by atoms with Crippen LogP contribution in [0.2, 0.25) is 0 Å². The highest BCUT2D eigenvalue weighted by molar-refractivity contribution is 8.13. The van der Waals surface area contributed by atoms with E-state index in [-0.39, 0.29) is 12.8 Å². The van der Waals surface area contributed by atoms with Crippen LogP contribution in [0, 0.1) is 5.41 Å². The van der Waals surface area contributed by atoms with E-state index < -0.39 is 31.5 Å². The average molecular weight is 316 g/mol. The quantitative estimate of drug-likeness (QED) is 0.678. The van der Waals surface area contributed by atoms with E-state index in [0.29, 0.717) is 5.56 Å². The van der Waals surface area contributed by atoms with Gasteiger partial charge in [0.25, 0.3) is 0 Å². The second kappa shape index (κ2) is 5.18. The topological polar surface area (TPSA) is 80.3 Å². The third-order valence-electron chi connectivity index (χ3n) is 3.50. The first-order chi connectivity index (χ1) is 9.22. The molecule has 1 fully saturated rings. The molecule has 0 saturated carbocycles. The van der Waals surface area contributed by atoms with Gasteiger partial charge < -0.3 is 0 Å². The molecule has 20 heavy (non-hydrogen) atoms. The molecule has 5 nitrogen and oxygen atoms in total. The third kappa shape index (κ3) is 3.02. The maximum atomic E-state index is 11.8. The van der Waals surface area contributed by atoms with Crippen LogP contribution >= 0.6 is 10.7 Å². The first-order valence-corrected chi connectivity index (χ1v) is 8.42. The lowest BCUT2D eigenvalue weighted by molar-refractivity contribution is -0.128. The molecular formula is C13H14ClNO4S. The zero-order chi connectivity index (χ0) is 15.0. The monoisotopic (exact) mass is 315 g/mol. The fraction of sp³-hybridized carbons (Fsp3) is 0.385. The van der Waals surface area contributed by atoms with Crippen molar-refractivity contribution >= 4 is 31.5 Å². The van der Waals surface area contributed by atoms with Crippen molar-refractivity contribution in [1.29, 1.82) is 0 Å². The van der Waals surface area contributed by atoms with E-state index in [1.165, 1.54) is 0 Å². The van der Waals surface area contributed by atoms with Crippen molar-refractivity contribution in [3.05, 3.63) is 35.9 Å².